The predicted octanol–water partition coefficient (Wildman–Crippen LogP) is 3.35. The highest BCUT2D eigenvalue weighted by atomic mass is 35.5. The van der Waals surface area contributed by atoms with Crippen LogP contribution in [0.1, 0.15) is 33.9 Å². The summed E-state index contributed by atoms with van der Waals surface area (Å²) in [5, 5.41) is 2.93. The smallest absolute Gasteiger partial charge is 0.241 e. The first kappa shape index (κ1) is 18.2. The maximum atomic E-state index is 12.2. The molecule has 2 rings (SSSR count). The Morgan fingerprint density at radius 2 is 1.64 bits per heavy atom. The number of amides is 1. The van der Waals surface area contributed by atoms with Crippen molar-refractivity contribution in [3.63, 3.8) is 0 Å². The fourth-order valence-corrected chi connectivity index (χ4v) is 2.59. The molecular formula is C18H23ClN2O. The van der Waals surface area contributed by atoms with Crippen molar-refractivity contribution >= 4 is 18.3 Å². The minimum Gasteiger partial charge on any atom is -0.350 e. The van der Waals surface area contributed by atoms with Gasteiger partial charge in [-0.3, -0.25) is 4.79 Å². The van der Waals surface area contributed by atoms with E-state index in [0.29, 0.717) is 6.54 Å². The third-order valence-electron chi connectivity index (χ3n) is 3.72. The van der Waals surface area contributed by atoms with Gasteiger partial charge < -0.3 is 11.1 Å². The van der Waals surface area contributed by atoms with Crippen LogP contribution in [-0.4, -0.2) is 5.91 Å². The van der Waals surface area contributed by atoms with E-state index in [1.807, 2.05) is 30.3 Å². The summed E-state index contributed by atoms with van der Waals surface area (Å²) in [6.45, 7) is 6.72. The number of hydrogen-bond acceptors (Lipinski definition) is 2. The van der Waals surface area contributed by atoms with Crippen LogP contribution < -0.4 is 11.1 Å². The van der Waals surface area contributed by atoms with Crippen molar-refractivity contribution in [2.24, 2.45) is 5.73 Å². The van der Waals surface area contributed by atoms with Crippen molar-refractivity contribution in [3.8, 4) is 0 Å². The van der Waals surface area contributed by atoms with Crippen molar-refractivity contribution in [2.45, 2.75) is 33.4 Å². The third kappa shape index (κ3) is 4.33. The van der Waals surface area contributed by atoms with E-state index in [0.717, 1.165) is 11.1 Å². The Balaban J connectivity index is 0.00000242. The van der Waals surface area contributed by atoms with Gasteiger partial charge in [0.25, 0.3) is 0 Å². The fraction of sp³-hybridized carbons (Fsp3) is 0.278. The average molecular weight is 319 g/mol. The molecule has 0 aliphatic heterocycles. The number of rotatable bonds is 4. The second-order valence-electron chi connectivity index (χ2n) is 5.48. The Bertz CT molecular complexity index is 618. The van der Waals surface area contributed by atoms with Gasteiger partial charge in [0.05, 0.1) is 0 Å². The summed E-state index contributed by atoms with van der Waals surface area (Å²) in [5.41, 5.74) is 11.6. The van der Waals surface area contributed by atoms with Gasteiger partial charge >= 0.3 is 0 Å². The molecule has 118 valence electrons. The SMILES string of the molecule is Cc1cc(C)c(CNC(=O)C(N)c2ccccc2)c(C)c1.Cl. The highest BCUT2D eigenvalue weighted by Gasteiger charge is 2.15. The summed E-state index contributed by atoms with van der Waals surface area (Å²) in [6, 6.07) is 13.1. The van der Waals surface area contributed by atoms with Gasteiger partial charge in [-0.1, -0.05) is 48.0 Å². The van der Waals surface area contributed by atoms with E-state index >= 15 is 0 Å². The van der Waals surface area contributed by atoms with Crippen LogP contribution in [-0.2, 0) is 11.3 Å². The fourth-order valence-electron chi connectivity index (χ4n) is 2.59. The van der Waals surface area contributed by atoms with Crippen LogP contribution in [0.15, 0.2) is 42.5 Å². The molecule has 1 atom stereocenters. The molecule has 0 aliphatic carbocycles. The topological polar surface area (TPSA) is 55.1 Å². The van der Waals surface area contributed by atoms with Crippen molar-refractivity contribution in [1.82, 2.24) is 5.32 Å². The molecule has 0 spiro atoms. The zero-order valence-electron chi connectivity index (χ0n) is 13.2. The molecule has 3 nitrogen and oxygen atoms in total. The zero-order valence-corrected chi connectivity index (χ0v) is 14.0. The molecule has 4 heteroatoms. The summed E-state index contributed by atoms with van der Waals surface area (Å²) in [5.74, 6) is -0.152. The van der Waals surface area contributed by atoms with Crippen molar-refractivity contribution in [3.05, 3.63) is 70.3 Å². The van der Waals surface area contributed by atoms with Crippen molar-refractivity contribution in [2.75, 3.05) is 0 Å². The number of aryl methyl sites for hydroxylation is 3. The molecule has 2 aromatic carbocycles. The van der Waals surface area contributed by atoms with E-state index in [-0.39, 0.29) is 18.3 Å². The third-order valence-corrected chi connectivity index (χ3v) is 3.72. The summed E-state index contributed by atoms with van der Waals surface area (Å²) < 4.78 is 0. The molecule has 0 heterocycles. The number of nitrogens with one attached hydrogen (secondary N) is 1. The maximum absolute atomic E-state index is 12.2. The summed E-state index contributed by atoms with van der Waals surface area (Å²) >= 11 is 0. The first-order valence-corrected chi connectivity index (χ1v) is 7.14. The lowest BCUT2D eigenvalue weighted by Gasteiger charge is -2.15. The van der Waals surface area contributed by atoms with Gasteiger partial charge in [-0.15, -0.1) is 12.4 Å². The first-order valence-electron chi connectivity index (χ1n) is 7.14. The normalized spacial score (nSPS) is 11.5. The molecule has 0 radical (unpaired) electrons. The molecule has 0 bridgehead atoms. The van der Waals surface area contributed by atoms with Crippen LogP contribution >= 0.6 is 12.4 Å². The Labute approximate surface area is 138 Å². The molecule has 1 amide bonds. The Hall–Kier alpha value is -1.84. The molecule has 22 heavy (non-hydrogen) atoms. The van der Waals surface area contributed by atoms with E-state index in [9.17, 15) is 4.79 Å². The zero-order chi connectivity index (χ0) is 15.4. The molecule has 0 fully saturated rings. The van der Waals surface area contributed by atoms with Gasteiger partial charge in [-0.25, -0.2) is 0 Å². The highest BCUT2D eigenvalue weighted by Crippen LogP contribution is 2.16. The number of hydrogen-bond donors (Lipinski definition) is 2. The predicted molar refractivity (Wildman–Crippen MR) is 93.1 cm³/mol. The van der Waals surface area contributed by atoms with Crippen LogP contribution in [0.25, 0.3) is 0 Å². The average Bonchev–Trinajstić information content (AvgIpc) is 2.46. The molecule has 3 N–H and O–H groups in total. The molecule has 0 aromatic heterocycles. The van der Waals surface area contributed by atoms with Gasteiger partial charge in [-0.05, 0) is 43.0 Å². The first-order chi connectivity index (χ1) is 9.99. The summed E-state index contributed by atoms with van der Waals surface area (Å²) in [6.07, 6.45) is 0. The van der Waals surface area contributed by atoms with Gasteiger partial charge in [0.15, 0.2) is 0 Å². The summed E-state index contributed by atoms with van der Waals surface area (Å²) in [7, 11) is 0. The number of nitrogens with two attached hydrogens (primary N) is 1. The standard InChI is InChI=1S/C18H22N2O.ClH/c1-12-9-13(2)16(14(3)10-12)11-20-18(21)17(19)15-7-5-4-6-8-15;/h4-10,17H,11,19H2,1-3H3,(H,20,21);1H. The number of carbonyl (C=O) groups excluding carboxylic acids is 1. The molecule has 0 aliphatic rings. The number of carbonyl (C=O) groups is 1. The minimum absolute atomic E-state index is 0. The lowest BCUT2D eigenvalue weighted by molar-refractivity contribution is -0.122. The van der Waals surface area contributed by atoms with Crippen LogP contribution in [0.2, 0.25) is 0 Å². The minimum atomic E-state index is -0.628. The monoisotopic (exact) mass is 318 g/mol. The lowest BCUT2D eigenvalue weighted by atomic mass is 9.99. The molecule has 0 saturated carbocycles. The molecule has 1 unspecified atom stereocenters. The van der Waals surface area contributed by atoms with Gasteiger partial charge in [0.2, 0.25) is 5.91 Å². The molecule has 2 aromatic rings. The highest BCUT2D eigenvalue weighted by molar-refractivity contribution is 5.85. The number of halogens is 1. The van der Waals surface area contributed by atoms with Gasteiger partial charge in [0.1, 0.15) is 6.04 Å². The van der Waals surface area contributed by atoms with Crippen LogP contribution in [0.5, 0.6) is 0 Å². The van der Waals surface area contributed by atoms with E-state index in [4.69, 9.17) is 5.73 Å². The maximum Gasteiger partial charge on any atom is 0.241 e. The van der Waals surface area contributed by atoms with E-state index < -0.39 is 6.04 Å². The number of benzene rings is 2. The Morgan fingerprint density at radius 1 is 1.09 bits per heavy atom. The van der Waals surface area contributed by atoms with Gasteiger partial charge in [-0.2, -0.15) is 0 Å². The largest absolute Gasteiger partial charge is 0.350 e. The summed E-state index contributed by atoms with van der Waals surface area (Å²) in [4.78, 5) is 12.2. The van der Waals surface area contributed by atoms with Gasteiger partial charge in [0, 0.05) is 6.54 Å². The lowest BCUT2D eigenvalue weighted by Crippen LogP contribution is -2.34. The second-order valence-corrected chi connectivity index (χ2v) is 5.48. The molecule has 0 saturated heterocycles. The quantitative estimate of drug-likeness (QED) is 0.908. The Morgan fingerprint density at radius 3 is 2.18 bits per heavy atom. The van der Waals surface area contributed by atoms with E-state index in [2.05, 4.69) is 38.2 Å². The van der Waals surface area contributed by atoms with Crippen molar-refractivity contribution in [1.29, 1.82) is 0 Å². The van der Waals surface area contributed by atoms with Crippen molar-refractivity contribution < 1.29 is 4.79 Å². The molecular weight excluding hydrogens is 296 g/mol. The van der Waals surface area contributed by atoms with Crippen LogP contribution in [0, 0.1) is 20.8 Å². The van der Waals surface area contributed by atoms with Crippen LogP contribution in [0.3, 0.4) is 0 Å². The van der Waals surface area contributed by atoms with E-state index in [1.165, 1.54) is 16.7 Å². The Kier molecular flexibility index (Phi) is 6.60. The second kappa shape index (κ2) is 7.97. The van der Waals surface area contributed by atoms with E-state index in [1.54, 1.807) is 0 Å². The van der Waals surface area contributed by atoms with Crippen LogP contribution in [0.4, 0.5) is 0 Å².